The van der Waals surface area contributed by atoms with Crippen LogP contribution in [-0.2, 0) is 4.79 Å². The first-order chi connectivity index (χ1) is 6.15. The Morgan fingerprint density at radius 3 is 2.46 bits per heavy atom. The third-order valence-corrected chi connectivity index (χ3v) is 1.46. The number of aliphatic hydroxyl groups is 2. The normalized spacial score (nSPS) is 12.2. The molecule has 0 heterocycles. The molecule has 1 amide bonds. The Morgan fingerprint density at radius 1 is 1.54 bits per heavy atom. The molecular weight excluding hydrogens is 172 g/mol. The highest BCUT2D eigenvalue weighted by Gasteiger charge is 2.15. The minimum Gasteiger partial charge on any atom is -0.394 e. The minimum absolute atomic E-state index is 0.134. The first kappa shape index (κ1) is 11.9. The summed E-state index contributed by atoms with van der Waals surface area (Å²) in [5, 5.41) is 19.6. The van der Waals surface area contributed by atoms with Gasteiger partial charge in [0, 0.05) is 6.42 Å². The molecule has 0 aliphatic rings. The zero-order valence-corrected chi connectivity index (χ0v) is 7.23. The molecule has 74 valence electrons. The van der Waals surface area contributed by atoms with Crippen LogP contribution in [0.2, 0.25) is 0 Å². The van der Waals surface area contributed by atoms with E-state index in [2.05, 4.69) is 11.2 Å². The molecule has 0 saturated carbocycles. The van der Waals surface area contributed by atoms with Crippen molar-refractivity contribution in [3.8, 4) is 12.3 Å². The van der Waals surface area contributed by atoms with Crippen molar-refractivity contribution < 1.29 is 15.0 Å². The van der Waals surface area contributed by atoms with Crippen molar-refractivity contribution in [2.75, 3.05) is 13.2 Å². The molecule has 5 nitrogen and oxygen atoms in total. The zero-order chi connectivity index (χ0) is 10.3. The van der Waals surface area contributed by atoms with Gasteiger partial charge < -0.3 is 21.3 Å². The Morgan fingerprint density at radius 2 is 2.08 bits per heavy atom. The van der Waals surface area contributed by atoms with Crippen LogP contribution < -0.4 is 11.1 Å². The Kier molecular flexibility index (Phi) is 5.89. The van der Waals surface area contributed by atoms with Crippen molar-refractivity contribution in [3.05, 3.63) is 0 Å². The number of carbonyl (C=O) groups excluding carboxylic acids is 1. The third-order valence-electron chi connectivity index (χ3n) is 1.46. The lowest BCUT2D eigenvalue weighted by molar-refractivity contribution is -0.123. The van der Waals surface area contributed by atoms with Crippen LogP contribution in [-0.4, -0.2) is 41.4 Å². The van der Waals surface area contributed by atoms with E-state index in [1.165, 1.54) is 0 Å². The van der Waals surface area contributed by atoms with Gasteiger partial charge in [-0.1, -0.05) is 0 Å². The molecule has 0 aromatic carbocycles. The van der Waals surface area contributed by atoms with E-state index in [0.29, 0.717) is 0 Å². The van der Waals surface area contributed by atoms with Crippen LogP contribution in [0.25, 0.3) is 0 Å². The smallest absolute Gasteiger partial charge is 0.238 e. The lowest BCUT2D eigenvalue weighted by atomic mass is 10.2. The maximum absolute atomic E-state index is 11.1. The maximum atomic E-state index is 11.1. The fourth-order valence-corrected chi connectivity index (χ4v) is 0.677. The Balaban J connectivity index is 3.91. The van der Waals surface area contributed by atoms with Crippen molar-refractivity contribution in [2.45, 2.75) is 18.5 Å². The van der Waals surface area contributed by atoms with Crippen molar-refractivity contribution in [1.29, 1.82) is 0 Å². The van der Waals surface area contributed by atoms with Crippen LogP contribution in [0.4, 0.5) is 0 Å². The lowest BCUT2D eigenvalue weighted by Gasteiger charge is -2.15. The maximum Gasteiger partial charge on any atom is 0.238 e. The molecule has 0 aliphatic heterocycles. The quantitative estimate of drug-likeness (QED) is 0.367. The standard InChI is InChI=1S/C8H14N2O3/c1-2-3-7(9)8(13)10-6(4-11)5-12/h1,6-7,11-12H,3-5,9H2,(H,10,13). The monoisotopic (exact) mass is 186 g/mol. The number of nitrogens with one attached hydrogen (secondary N) is 1. The summed E-state index contributed by atoms with van der Waals surface area (Å²) >= 11 is 0. The van der Waals surface area contributed by atoms with Gasteiger partial charge in [-0.2, -0.15) is 0 Å². The Hall–Kier alpha value is -1.09. The fourth-order valence-electron chi connectivity index (χ4n) is 0.677. The van der Waals surface area contributed by atoms with E-state index in [-0.39, 0.29) is 19.6 Å². The number of amides is 1. The van der Waals surface area contributed by atoms with Gasteiger partial charge in [0.25, 0.3) is 0 Å². The molecule has 0 aliphatic carbocycles. The van der Waals surface area contributed by atoms with E-state index in [4.69, 9.17) is 22.4 Å². The predicted octanol–water partition coefficient (Wildman–Crippen LogP) is -2.19. The molecule has 0 fully saturated rings. The second kappa shape index (κ2) is 6.43. The van der Waals surface area contributed by atoms with Crippen molar-refractivity contribution in [2.24, 2.45) is 5.73 Å². The second-order valence-electron chi connectivity index (χ2n) is 2.59. The number of aliphatic hydroxyl groups excluding tert-OH is 2. The second-order valence-corrected chi connectivity index (χ2v) is 2.59. The molecule has 1 unspecified atom stereocenters. The summed E-state index contributed by atoms with van der Waals surface area (Å²) in [5.74, 6) is 1.78. The summed E-state index contributed by atoms with van der Waals surface area (Å²) in [6.45, 7) is -0.657. The number of carbonyl (C=O) groups is 1. The minimum atomic E-state index is -0.786. The van der Waals surface area contributed by atoms with Crippen LogP contribution in [0.5, 0.6) is 0 Å². The van der Waals surface area contributed by atoms with Gasteiger partial charge in [0.05, 0.1) is 25.3 Å². The average Bonchev–Trinajstić information content (AvgIpc) is 2.14. The highest BCUT2D eigenvalue weighted by Crippen LogP contribution is 1.88. The van der Waals surface area contributed by atoms with Crippen LogP contribution >= 0.6 is 0 Å². The summed E-state index contributed by atoms with van der Waals surface area (Å²) in [5.41, 5.74) is 5.37. The van der Waals surface area contributed by atoms with Crippen molar-refractivity contribution in [3.63, 3.8) is 0 Å². The topological polar surface area (TPSA) is 95.6 Å². The van der Waals surface area contributed by atoms with E-state index in [9.17, 15) is 4.79 Å². The number of hydrogen-bond donors (Lipinski definition) is 4. The van der Waals surface area contributed by atoms with Crippen LogP contribution in [0, 0.1) is 12.3 Å². The predicted molar refractivity (Wildman–Crippen MR) is 47.5 cm³/mol. The van der Waals surface area contributed by atoms with Gasteiger partial charge in [0.1, 0.15) is 0 Å². The van der Waals surface area contributed by atoms with Gasteiger partial charge in [-0.15, -0.1) is 12.3 Å². The molecule has 0 aromatic heterocycles. The van der Waals surface area contributed by atoms with Crippen LogP contribution in [0.1, 0.15) is 6.42 Å². The molecule has 5 heteroatoms. The van der Waals surface area contributed by atoms with E-state index < -0.39 is 18.0 Å². The number of rotatable bonds is 5. The van der Waals surface area contributed by atoms with E-state index in [1.807, 2.05) is 0 Å². The van der Waals surface area contributed by atoms with Crippen LogP contribution in [0.3, 0.4) is 0 Å². The Labute approximate surface area is 76.9 Å². The van der Waals surface area contributed by atoms with Crippen molar-refractivity contribution in [1.82, 2.24) is 5.32 Å². The highest BCUT2D eigenvalue weighted by molar-refractivity contribution is 5.82. The molecule has 0 radical (unpaired) electrons. The summed E-state index contributed by atoms with van der Waals surface area (Å²) in [6.07, 6.45) is 5.09. The molecule has 0 spiro atoms. The molecule has 1 atom stereocenters. The SMILES string of the molecule is C#CCC(N)C(=O)NC(CO)CO. The largest absolute Gasteiger partial charge is 0.394 e. The third kappa shape index (κ3) is 4.48. The average molecular weight is 186 g/mol. The Bertz CT molecular complexity index is 196. The summed E-state index contributed by atoms with van der Waals surface area (Å²) in [7, 11) is 0. The molecule has 0 bridgehead atoms. The van der Waals surface area contributed by atoms with Gasteiger partial charge >= 0.3 is 0 Å². The van der Waals surface area contributed by atoms with E-state index >= 15 is 0 Å². The van der Waals surface area contributed by atoms with E-state index in [0.717, 1.165) is 0 Å². The molecule has 0 aromatic rings. The summed E-state index contributed by atoms with van der Waals surface area (Å²) < 4.78 is 0. The first-order valence-electron chi connectivity index (χ1n) is 3.86. The van der Waals surface area contributed by atoms with Gasteiger partial charge in [-0.05, 0) is 0 Å². The molecular formula is C8H14N2O3. The fraction of sp³-hybridized carbons (Fsp3) is 0.625. The van der Waals surface area contributed by atoms with E-state index in [1.54, 1.807) is 0 Å². The van der Waals surface area contributed by atoms with Crippen molar-refractivity contribution >= 4 is 5.91 Å². The molecule has 13 heavy (non-hydrogen) atoms. The number of hydrogen-bond acceptors (Lipinski definition) is 4. The molecule has 0 saturated heterocycles. The zero-order valence-electron chi connectivity index (χ0n) is 7.23. The highest BCUT2D eigenvalue weighted by atomic mass is 16.3. The van der Waals surface area contributed by atoms with Gasteiger partial charge in [-0.3, -0.25) is 4.79 Å². The molecule has 0 rings (SSSR count). The summed E-state index contributed by atoms with van der Waals surface area (Å²) in [4.78, 5) is 11.1. The van der Waals surface area contributed by atoms with Crippen LogP contribution in [0.15, 0.2) is 0 Å². The van der Waals surface area contributed by atoms with Gasteiger partial charge in [0.2, 0.25) is 5.91 Å². The number of terminal acetylenes is 1. The number of nitrogens with two attached hydrogens (primary N) is 1. The van der Waals surface area contributed by atoms with Gasteiger partial charge in [0.15, 0.2) is 0 Å². The van der Waals surface area contributed by atoms with Gasteiger partial charge in [-0.25, -0.2) is 0 Å². The first-order valence-corrected chi connectivity index (χ1v) is 3.86. The summed E-state index contributed by atoms with van der Waals surface area (Å²) in [6, 6.07) is -1.46. The lowest BCUT2D eigenvalue weighted by Crippen LogP contribution is -2.48. The molecule has 5 N–H and O–H groups in total.